The van der Waals surface area contributed by atoms with Crippen LogP contribution in [0.25, 0.3) is 0 Å². The van der Waals surface area contributed by atoms with Gasteiger partial charge in [0.15, 0.2) is 0 Å². The third-order valence-electron chi connectivity index (χ3n) is 4.28. The van der Waals surface area contributed by atoms with Crippen molar-refractivity contribution in [2.24, 2.45) is 0 Å². The van der Waals surface area contributed by atoms with Gasteiger partial charge in [0.2, 0.25) is 10.0 Å². The van der Waals surface area contributed by atoms with Crippen LogP contribution in [-0.2, 0) is 10.0 Å². The fourth-order valence-electron chi connectivity index (χ4n) is 2.99. The molecule has 0 bridgehead atoms. The van der Waals surface area contributed by atoms with E-state index in [2.05, 4.69) is 4.98 Å². The van der Waals surface area contributed by atoms with Crippen LogP contribution in [0.2, 0.25) is 0 Å². The van der Waals surface area contributed by atoms with Crippen LogP contribution in [0.5, 0.6) is 0 Å². The van der Waals surface area contributed by atoms with Crippen molar-refractivity contribution < 1.29 is 8.42 Å². The van der Waals surface area contributed by atoms with Crippen LogP contribution < -0.4 is 5.73 Å². The van der Waals surface area contributed by atoms with Crippen LogP contribution in [-0.4, -0.2) is 24.3 Å². The highest BCUT2D eigenvalue weighted by Gasteiger charge is 2.34. The molecule has 122 valence electrons. The Morgan fingerprint density at radius 3 is 2.52 bits per heavy atom. The molecule has 1 fully saturated rings. The second-order valence-corrected chi connectivity index (χ2v) is 7.85. The molecule has 3 rings (SSSR count). The molecule has 2 aromatic rings. The average Bonchev–Trinajstić information content (AvgIpc) is 2.56. The number of aryl methyl sites for hydroxylation is 1. The topological polar surface area (TPSA) is 76.3 Å². The van der Waals surface area contributed by atoms with Gasteiger partial charge in [0.1, 0.15) is 5.82 Å². The first-order valence-corrected chi connectivity index (χ1v) is 9.22. The first-order chi connectivity index (χ1) is 11.0. The number of aromatic nitrogens is 1. The molecule has 0 radical (unpaired) electrons. The molecular weight excluding hydrogens is 310 g/mol. The maximum Gasteiger partial charge on any atom is 0.243 e. The number of rotatable bonds is 3. The number of benzene rings is 1. The van der Waals surface area contributed by atoms with E-state index in [-0.39, 0.29) is 6.04 Å². The van der Waals surface area contributed by atoms with Crippen molar-refractivity contribution in [1.82, 2.24) is 9.29 Å². The number of pyridine rings is 1. The van der Waals surface area contributed by atoms with E-state index in [0.717, 1.165) is 30.4 Å². The number of hydrogen-bond donors (Lipinski definition) is 1. The molecule has 6 heteroatoms. The van der Waals surface area contributed by atoms with Gasteiger partial charge in [-0.1, -0.05) is 30.2 Å². The number of piperidine rings is 1. The van der Waals surface area contributed by atoms with Crippen LogP contribution in [0.15, 0.2) is 47.5 Å². The number of anilines is 1. The smallest absolute Gasteiger partial charge is 0.243 e. The number of nitrogens with two attached hydrogens (primary N) is 1. The van der Waals surface area contributed by atoms with Gasteiger partial charge < -0.3 is 5.73 Å². The van der Waals surface area contributed by atoms with E-state index in [0.29, 0.717) is 17.3 Å². The Bertz CT molecular complexity index is 770. The summed E-state index contributed by atoms with van der Waals surface area (Å²) in [5.74, 6) is 0.442. The lowest BCUT2D eigenvalue weighted by atomic mass is 9.99. The second kappa shape index (κ2) is 6.29. The minimum atomic E-state index is -3.51. The largest absolute Gasteiger partial charge is 0.384 e. The van der Waals surface area contributed by atoms with Gasteiger partial charge in [0.25, 0.3) is 0 Å². The molecule has 5 nitrogen and oxygen atoms in total. The molecule has 0 unspecified atom stereocenters. The Morgan fingerprint density at radius 2 is 1.87 bits per heavy atom. The molecule has 1 aliphatic heterocycles. The zero-order chi connectivity index (χ0) is 16.4. The van der Waals surface area contributed by atoms with Crippen molar-refractivity contribution in [3.63, 3.8) is 0 Å². The molecule has 0 aliphatic carbocycles. The van der Waals surface area contributed by atoms with Crippen LogP contribution in [0.3, 0.4) is 0 Å². The highest BCUT2D eigenvalue weighted by atomic mass is 32.2. The summed E-state index contributed by atoms with van der Waals surface area (Å²) in [7, 11) is -3.51. The van der Waals surface area contributed by atoms with E-state index in [1.165, 1.54) is 0 Å². The highest BCUT2D eigenvalue weighted by molar-refractivity contribution is 7.89. The maximum absolute atomic E-state index is 13.0. The normalized spacial score (nSPS) is 19.6. The summed E-state index contributed by atoms with van der Waals surface area (Å²) in [5.41, 5.74) is 7.58. The van der Waals surface area contributed by atoms with E-state index in [1.54, 1.807) is 28.7 Å². The van der Waals surface area contributed by atoms with Crippen molar-refractivity contribution in [3.8, 4) is 0 Å². The number of hydrogen-bond acceptors (Lipinski definition) is 4. The van der Waals surface area contributed by atoms with Crippen LogP contribution in [0.1, 0.15) is 36.4 Å². The number of nitrogen functional groups attached to an aromatic ring is 1. The van der Waals surface area contributed by atoms with Gasteiger partial charge in [-0.25, -0.2) is 13.4 Å². The Labute approximate surface area is 137 Å². The molecule has 23 heavy (non-hydrogen) atoms. The monoisotopic (exact) mass is 331 g/mol. The summed E-state index contributed by atoms with van der Waals surface area (Å²) >= 11 is 0. The van der Waals surface area contributed by atoms with Gasteiger partial charge in [-0.3, -0.25) is 0 Å². The highest BCUT2D eigenvalue weighted by Crippen LogP contribution is 2.35. The van der Waals surface area contributed by atoms with E-state index >= 15 is 0 Å². The van der Waals surface area contributed by atoms with Gasteiger partial charge in [-0.15, -0.1) is 0 Å². The first-order valence-electron chi connectivity index (χ1n) is 7.78. The minimum absolute atomic E-state index is 0.178. The Kier molecular flexibility index (Phi) is 4.37. The molecular formula is C17H21N3O2S. The molecule has 1 atom stereocenters. The summed E-state index contributed by atoms with van der Waals surface area (Å²) in [5, 5.41) is 0. The lowest BCUT2D eigenvalue weighted by molar-refractivity contribution is 0.255. The molecule has 1 saturated heterocycles. The molecule has 0 spiro atoms. The molecule has 2 N–H and O–H groups in total. The zero-order valence-corrected chi connectivity index (χ0v) is 14.0. The summed E-state index contributed by atoms with van der Waals surface area (Å²) in [6, 6.07) is 10.4. The van der Waals surface area contributed by atoms with E-state index in [1.807, 2.05) is 25.1 Å². The molecule has 1 aliphatic rings. The van der Waals surface area contributed by atoms with Gasteiger partial charge >= 0.3 is 0 Å². The van der Waals surface area contributed by atoms with Gasteiger partial charge in [0, 0.05) is 12.7 Å². The lowest BCUT2D eigenvalue weighted by Crippen LogP contribution is -2.38. The standard InChI is InChI=1S/C17H21N3O2S/c1-13-5-8-15(9-6-13)23(21,22)20-11-3-2-4-16(20)14-7-10-17(18)19-12-14/h5-10,12,16H,2-4,11H2,1H3,(H2,18,19)/t16-/m1/s1. The Hall–Kier alpha value is -1.92. The summed E-state index contributed by atoms with van der Waals surface area (Å²) < 4.78 is 27.7. The molecule has 1 aromatic heterocycles. The number of nitrogens with zero attached hydrogens (tertiary/aromatic N) is 2. The van der Waals surface area contributed by atoms with Crippen molar-refractivity contribution in [2.75, 3.05) is 12.3 Å². The van der Waals surface area contributed by atoms with Crippen molar-refractivity contribution in [1.29, 1.82) is 0 Å². The third-order valence-corrected chi connectivity index (χ3v) is 6.20. The van der Waals surface area contributed by atoms with Crippen LogP contribution >= 0.6 is 0 Å². The fraction of sp³-hybridized carbons (Fsp3) is 0.353. The predicted octanol–water partition coefficient (Wildman–Crippen LogP) is 2.89. The quantitative estimate of drug-likeness (QED) is 0.938. The summed E-state index contributed by atoms with van der Waals surface area (Å²) in [6.45, 7) is 2.48. The molecule has 0 saturated carbocycles. The maximum atomic E-state index is 13.0. The minimum Gasteiger partial charge on any atom is -0.384 e. The van der Waals surface area contributed by atoms with Crippen molar-refractivity contribution >= 4 is 15.8 Å². The van der Waals surface area contributed by atoms with Crippen LogP contribution in [0.4, 0.5) is 5.82 Å². The third kappa shape index (κ3) is 3.23. The van der Waals surface area contributed by atoms with Gasteiger partial charge in [-0.2, -0.15) is 4.31 Å². The molecule has 0 amide bonds. The van der Waals surface area contributed by atoms with Crippen molar-refractivity contribution in [3.05, 3.63) is 53.7 Å². The SMILES string of the molecule is Cc1ccc(S(=O)(=O)N2CCCC[C@@H]2c2ccc(N)nc2)cc1. The zero-order valence-electron chi connectivity index (χ0n) is 13.1. The van der Waals surface area contributed by atoms with Gasteiger partial charge in [0.05, 0.1) is 10.9 Å². The summed E-state index contributed by atoms with van der Waals surface area (Å²) in [4.78, 5) is 4.46. The van der Waals surface area contributed by atoms with Gasteiger partial charge in [-0.05, 0) is 43.5 Å². The molecule has 1 aromatic carbocycles. The van der Waals surface area contributed by atoms with Crippen LogP contribution in [0, 0.1) is 6.92 Å². The Morgan fingerprint density at radius 1 is 1.13 bits per heavy atom. The molecule has 2 heterocycles. The first kappa shape index (κ1) is 16.0. The Balaban J connectivity index is 1.97. The lowest BCUT2D eigenvalue weighted by Gasteiger charge is -2.34. The average molecular weight is 331 g/mol. The van der Waals surface area contributed by atoms with Crippen molar-refractivity contribution in [2.45, 2.75) is 37.1 Å². The number of sulfonamides is 1. The van der Waals surface area contributed by atoms with E-state index in [9.17, 15) is 8.42 Å². The predicted molar refractivity (Wildman–Crippen MR) is 90.3 cm³/mol. The van der Waals surface area contributed by atoms with E-state index in [4.69, 9.17) is 5.73 Å². The summed E-state index contributed by atoms with van der Waals surface area (Å²) in [6.07, 6.45) is 4.37. The fourth-order valence-corrected chi connectivity index (χ4v) is 4.67. The van der Waals surface area contributed by atoms with E-state index < -0.39 is 10.0 Å². The second-order valence-electron chi connectivity index (χ2n) is 5.96.